The minimum atomic E-state index is 0.162. The number of halogens is 1. The van der Waals surface area contributed by atoms with Crippen LogP contribution in [-0.4, -0.2) is 14.9 Å². The van der Waals surface area contributed by atoms with E-state index in [1.54, 1.807) is 24.9 Å². The van der Waals surface area contributed by atoms with Crippen molar-refractivity contribution in [2.24, 2.45) is 7.05 Å². The quantitative estimate of drug-likeness (QED) is 0.819. The van der Waals surface area contributed by atoms with Crippen molar-refractivity contribution in [3.63, 3.8) is 0 Å². The maximum Gasteiger partial charge on any atom is 0.129 e. The zero-order chi connectivity index (χ0) is 12.7. The second-order valence-corrected chi connectivity index (χ2v) is 4.50. The highest BCUT2D eigenvalue weighted by Crippen LogP contribution is 2.40. The number of anilines is 1. The Morgan fingerprint density at radius 2 is 2.06 bits per heavy atom. The molecule has 0 radical (unpaired) electrons. The molecule has 0 saturated heterocycles. The number of rotatable bonds is 1. The van der Waals surface area contributed by atoms with Crippen molar-refractivity contribution in [2.75, 3.05) is 5.73 Å². The number of nitrogens with zero attached hydrogens (tertiary/aromatic N) is 2. The molecule has 0 aliphatic rings. The number of hydrogen-bond acceptors (Lipinski definition) is 3. The van der Waals surface area contributed by atoms with E-state index in [9.17, 15) is 5.11 Å². The molecule has 4 nitrogen and oxygen atoms in total. The van der Waals surface area contributed by atoms with Crippen molar-refractivity contribution in [2.45, 2.75) is 13.8 Å². The predicted octanol–water partition coefficient (Wildman–Crippen LogP) is 2.65. The van der Waals surface area contributed by atoms with Gasteiger partial charge >= 0.3 is 0 Å². The minimum Gasteiger partial charge on any atom is -0.507 e. The van der Waals surface area contributed by atoms with Crippen LogP contribution in [0.1, 0.15) is 11.1 Å². The van der Waals surface area contributed by atoms with Gasteiger partial charge in [-0.2, -0.15) is 5.10 Å². The normalized spacial score (nSPS) is 10.8. The van der Waals surface area contributed by atoms with Gasteiger partial charge in [0.25, 0.3) is 0 Å². The van der Waals surface area contributed by atoms with Crippen LogP contribution in [0.15, 0.2) is 12.3 Å². The predicted molar refractivity (Wildman–Crippen MR) is 69.2 cm³/mol. The third-order valence-corrected chi connectivity index (χ3v) is 3.33. The number of aryl methyl sites for hydroxylation is 2. The molecule has 0 unspecified atom stereocenters. The number of phenols is 1. The number of phenolic OH excluding ortho intramolecular Hbond substituents is 1. The molecular formula is C12H14ClN3O. The first kappa shape index (κ1) is 11.8. The fraction of sp³-hybridized carbons (Fsp3) is 0.250. The highest BCUT2D eigenvalue weighted by atomic mass is 35.5. The highest BCUT2D eigenvalue weighted by Gasteiger charge is 2.17. The first-order chi connectivity index (χ1) is 7.93. The summed E-state index contributed by atoms with van der Waals surface area (Å²) in [6.07, 6.45) is 1.64. The van der Waals surface area contributed by atoms with Crippen LogP contribution in [0, 0.1) is 13.8 Å². The van der Waals surface area contributed by atoms with Crippen molar-refractivity contribution >= 4 is 17.4 Å². The zero-order valence-corrected chi connectivity index (χ0v) is 10.7. The zero-order valence-electron chi connectivity index (χ0n) is 9.95. The second kappa shape index (κ2) is 3.96. The van der Waals surface area contributed by atoms with E-state index in [1.165, 1.54) is 0 Å². The Hall–Kier alpha value is -1.68. The van der Waals surface area contributed by atoms with Crippen LogP contribution in [0.2, 0.25) is 5.02 Å². The third-order valence-electron chi connectivity index (χ3n) is 2.94. The Kier molecular flexibility index (Phi) is 2.75. The van der Waals surface area contributed by atoms with Crippen molar-refractivity contribution in [3.8, 4) is 16.9 Å². The SMILES string of the molecule is Cc1cc(Cl)c(C)c(O)c1-c1cnn(C)c1N. The van der Waals surface area contributed by atoms with E-state index in [0.29, 0.717) is 22.0 Å². The molecule has 0 saturated carbocycles. The monoisotopic (exact) mass is 251 g/mol. The highest BCUT2D eigenvalue weighted by molar-refractivity contribution is 6.31. The Morgan fingerprint density at radius 3 is 2.59 bits per heavy atom. The van der Waals surface area contributed by atoms with E-state index in [0.717, 1.165) is 11.1 Å². The van der Waals surface area contributed by atoms with Gasteiger partial charge in [0.15, 0.2) is 0 Å². The number of hydrogen-bond donors (Lipinski definition) is 2. The van der Waals surface area contributed by atoms with Crippen molar-refractivity contribution in [1.29, 1.82) is 0 Å². The summed E-state index contributed by atoms with van der Waals surface area (Å²) in [4.78, 5) is 0. The summed E-state index contributed by atoms with van der Waals surface area (Å²) in [7, 11) is 1.76. The van der Waals surface area contributed by atoms with Gasteiger partial charge in [-0.25, -0.2) is 0 Å². The molecular weight excluding hydrogens is 238 g/mol. The van der Waals surface area contributed by atoms with Crippen LogP contribution in [0.4, 0.5) is 5.82 Å². The van der Waals surface area contributed by atoms with Crippen LogP contribution in [0.5, 0.6) is 5.75 Å². The first-order valence-electron chi connectivity index (χ1n) is 5.20. The minimum absolute atomic E-state index is 0.162. The lowest BCUT2D eigenvalue weighted by molar-refractivity contribution is 0.473. The average Bonchev–Trinajstić information content (AvgIpc) is 2.58. The smallest absolute Gasteiger partial charge is 0.129 e. The van der Waals surface area contributed by atoms with E-state index in [2.05, 4.69) is 5.10 Å². The molecule has 0 spiro atoms. The largest absolute Gasteiger partial charge is 0.507 e. The van der Waals surface area contributed by atoms with Crippen LogP contribution in [0.25, 0.3) is 11.1 Å². The summed E-state index contributed by atoms with van der Waals surface area (Å²) < 4.78 is 1.57. The van der Waals surface area contributed by atoms with Gasteiger partial charge in [-0.05, 0) is 25.5 Å². The maximum absolute atomic E-state index is 10.2. The molecule has 0 atom stereocenters. The molecule has 0 amide bonds. The lowest BCUT2D eigenvalue weighted by Crippen LogP contribution is -1.99. The number of aromatic hydroxyl groups is 1. The van der Waals surface area contributed by atoms with Crippen LogP contribution >= 0.6 is 11.6 Å². The molecule has 0 fully saturated rings. The van der Waals surface area contributed by atoms with Gasteiger partial charge in [-0.15, -0.1) is 0 Å². The molecule has 0 aliphatic heterocycles. The van der Waals surface area contributed by atoms with Gasteiger partial charge in [0, 0.05) is 28.8 Å². The summed E-state index contributed by atoms with van der Waals surface area (Å²) >= 11 is 6.01. The maximum atomic E-state index is 10.2. The van der Waals surface area contributed by atoms with Crippen molar-refractivity contribution in [1.82, 2.24) is 9.78 Å². The molecule has 5 heteroatoms. The molecule has 3 N–H and O–H groups in total. The topological polar surface area (TPSA) is 64.1 Å². The molecule has 0 aliphatic carbocycles. The second-order valence-electron chi connectivity index (χ2n) is 4.09. The molecule has 2 aromatic rings. The summed E-state index contributed by atoms with van der Waals surface area (Å²) in [5, 5.41) is 14.8. The summed E-state index contributed by atoms with van der Waals surface area (Å²) in [6, 6.07) is 1.82. The lowest BCUT2D eigenvalue weighted by atomic mass is 9.98. The summed E-state index contributed by atoms with van der Waals surface area (Å²) in [6.45, 7) is 3.65. The van der Waals surface area contributed by atoms with E-state index in [1.807, 2.05) is 13.0 Å². The fourth-order valence-electron chi connectivity index (χ4n) is 1.84. The van der Waals surface area contributed by atoms with Crippen LogP contribution in [-0.2, 0) is 7.05 Å². The van der Waals surface area contributed by atoms with Gasteiger partial charge in [-0.1, -0.05) is 11.6 Å². The third kappa shape index (κ3) is 1.74. The number of benzene rings is 1. The van der Waals surface area contributed by atoms with E-state index < -0.39 is 0 Å². The van der Waals surface area contributed by atoms with Gasteiger partial charge < -0.3 is 10.8 Å². The Labute approximate surface area is 105 Å². The average molecular weight is 252 g/mol. The van der Waals surface area contributed by atoms with Crippen LogP contribution < -0.4 is 5.73 Å². The van der Waals surface area contributed by atoms with E-state index >= 15 is 0 Å². The van der Waals surface area contributed by atoms with E-state index in [-0.39, 0.29) is 5.75 Å². The Balaban J connectivity index is 2.76. The fourth-order valence-corrected chi connectivity index (χ4v) is 2.09. The molecule has 1 heterocycles. The van der Waals surface area contributed by atoms with Crippen molar-refractivity contribution in [3.05, 3.63) is 28.4 Å². The molecule has 1 aromatic heterocycles. The number of nitrogens with two attached hydrogens (primary N) is 1. The molecule has 2 rings (SSSR count). The molecule has 17 heavy (non-hydrogen) atoms. The molecule has 90 valence electrons. The van der Waals surface area contributed by atoms with Crippen molar-refractivity contribution < 1.29 is 5.11 Å². The molecule has 1 aromatic carbocycles. The first-order valence-corrected chi connectivity index (χ1v) is 5.57. The van der Waals surface area contributed by atoms with Crippen LogP contribution in [0.3, 0.4) is 0 Å². The lowest BCUT2D eigenvalue weighted by Gasteiger charge is -2.12. The molecule has 0 bridgehead atoms. The standard InChI is InChI=1S/C12H14ClN3O/c1-6-4-9(13)7(2)11(17)10(6)8-5-15-16(3)12(8)14/h4-5,17H,14H2,1-3H3. The van der Waals surface area contributed by atoms with Gasteiger partial charge in [0.1, 0.15) is 11.6 Å². The van der Waals surface area contributed by atoms with Gasteiger partial charge in [0.2, 0.25) is 0 Å². The summed E-state index contributed by atoms with van der Waals surface area (Å²) in [5.41, 5.74) is 8.85. The number of nitrogen functional groups attached to an aromatic ring is 1. The summed E-state index contributed by atoms with van der Waals surface area (Å²) in [5.74, 6) is 0.680. The van der Waals surface area contributed by atoms with E-state index in [4.69, 9.17) is 17.3 Å². The Morgan fingerprint density at radius 1 is 1.41 bits per heavy atom. The number of aromatic nitrogens is 2. The van der Waals surface area contributed by atoms with Gasteiger partial charge in [0.05, 0.1) is 6.20 Å². The Bertz CT molecular complexity index is 590. The van der Waals surface area contributed by atoms with Gasteiger partial charge in [-0.3, -0.25) is 4.68 Å².